The molecule has 3 fully saturated rings. The summed E-state index contributed by atoms with van der Waals surface area (Å²) >= 11 is 0. The monoisotopic (exact) mass is 382 g/mol. The normalized spacial score (nSPS) is 26.9. The van der Waals surface area contributed by atoms with E-state index in [4.69, 9.17) is 0 Å². The van der Waals surface area contributed by atoms with Crippen LogP contribution in [0.25, 0.3) is 0 Å². The summed E-state index contributed by atoms with van der Waals surface area (Å²) in [4.78, 5) is 40.7. The van der Waals surface area contributed by atoms with Crippen molar-refractivity contribution in [1.29, 1.82) is 0 Å². The second-order valence-corrected chi connectivity index (χ2v) is 8.77. The second-order valence-electron chi connectivity index (χ2n) is 8.77. The maximum atomic E-state index is 12.9. The molecule has 1 aromatic rings. The summed E-state index contributed by atoms with van der Waals surface area (Å²) in [6, 6.07) is 5.35. The van der Waals surface area contributed by atoms with Crippen molar-refractivity contribution in [3.8, 4) is 0 Å². The topological polar surface area (TPSA) is 81.8 Å². The predicted molar refractivity (Wildman–Crippen MR) is 102 cm³/mol. The maximum absolute atomic E-state index is 12.9. The molecule has 0 saturated carbocycles. The number of piperidine rings is 2. The highest BCUT2D eigenvalue weighted by Crippen LogP contribution is 2.38. The van der Waals surface area contributed by atoms with Crippen LogP contribution in [0.15, 0.2) is 18.2 Å². The van der Waals surface area contributed by atoms with Gasteiger partial charge in [-0.3, -0.25) is 24.6 Å². The summed E-state index contributed by atoms with van der Waals surface area (Å²) in [5.41, 5.74) is 3.36. The quantitative estimate of drug-likeness (QED) is 0.750. The number of carbonyl (C=O) groups excluding carboxylic acids is 3. The second kappa shape index (κ2) is 6.67. The Hall–Kier alpha value is -2.25. The van der Waals surface area contributed by atoms with Crippen molar-refractivity contribution in [1.82, 2.24) is 20.4 Å². The molecule has 0 aliphatic carbocycles. The minimum Gasteiger partial charge on any atom is -0.322 e. The van der Waals surface area contributed by atoms with Gasteiger partial charge >= 0.3 is 0 Å². The molecular formula is C21H26N4O3. The summed E-state index contributed by atoms with van der Waals surface area (Å²) in [5, 5.41) is 5.88. The van der Waals surface area contributed by atoms with Crippen LogP contribution in [0, 0.1) is 5.41 Å². The van der Waals surface area contributed by atoms with E-state index in [9.17, 15) is 14.4 Å². The molecule has 4 aliphatic rings. The third kappa shape index (κ3) is 2.93. The molecule has 1 atom stereocenters. The number of fused-ring (bicyclic) bond motifs is 1. The van der Waals surface area contributed by atoms with E-state index in [1.54, 1.807) is 4.90 Å². The van der Waals surface area contributed by atoms with Crippen molar-refractivity contribution in [2.24, 2.45) is 5.41 Å². The Morgan fingerprint density at radius 1 is 1.18 bits per heavy atom. The molecule has 7 heteroatoms. The van der Waals surface area contributed by atoms with Gasteiger partial charge in [-0.1, -0.05) is 12.1 Å². The van der Waals surface area contributed by atoms with Gasteiger partial charge in [-0.2, -0.15) is 0 Å². The van der Waals surface area contributed by atoms with Crippen LogP contribution in [0.1, 0.15) is 47.2 Å². The predicted octanol–water partition coefficient (Wildman–Crippen LogP) is 0.633. The lowest BCUT2D eigenvalue weighted by Crippen LogP contribution is -2.61. The average Bonchev–Trinajstić information content (AvgIpc) is 2.99. The Morgan fingerprint density at radius 3 is 2.79 bits per heavy atom. The van der Waals surface area contributed by atoms with Crippen LogP contribution in [0.3, 0.4) is 0 Å². The molecule has 3 saturated heterocycles. The highest BCUT2D eigenvalue weighted by Gasteiger charge is 2.44. The molecule has 0 bridgehead atoms. The number of imide groups is 1. The molecule has 0 radical (unpaired) electrons. The highest BCUT2D eigenvalue weighted by molar-refractivity contribution is 6.05. The van der Waals surface area contributed by atoms with Gasteiger partial charge in [-0.05, 0) is 43.0 Å². The molecule has 3 amide bonds. The summed E-state index contributed by atoms with van der Waals surface area (Å²) in [5.74, 6) is -0.702. The Balaban J connectivity index is 1.30. The molecular weight excluding hydrogens is 356 g/mol. The van der Waals surface area contributed by atoms with E-state index in [0.29, 0.717) is 23.9 Å². The Bertz CT molecular complexity index is 838. The van der Waals surface area contributed by atoms with Crippen molar-refractivity contribution in [3.05, 3.63) is 34.9 Å². The summed E-state index contributed by atoms with van der Waals surface area (Å²) in [7, 11) is 0. The van der Waals surface area contributed by atoms with Gasteiger partial charge in [0.15, 0.2) is 0 Å². The Labute approximate surface area is 164 Å². The lowest BCUT2D eigenvalue weighted by molar-refractivity contribution is -0.136. The van der Waals surface area contributed by atoms with Gasteiger partial charge in [0.1, 0.15) is 6.04 Å². The molecule has 148 valence electrons. The average molecular weight is 382 g/mol. The van der Waals surface area contributed by atoms with Gasteiger partial charge in [-0.25, -0.2) is 0 Å². The molecule has 2 N–H and O–H groups in total. The SMILES string of the molecule is O=C1CCC(N2Cc3c(CN4CC5(CCCNC5)C4)cccc3C2=O)C(=O)N1. The fourth-order valence-electron chi connectivity index (χ4n) is 5.35. The fourth-order valence-corrected chi connectivity index (χ4v) is 5.35. The molecule has 1 unspecified atom stereocenters. The molecule has 4 aliphatic heterocycles. The first-order valence-corrected chi connectivity index (χ1v) is 10.2. The molecule has 1 aromatic carbocycles. The number of nitrogens with one attached hydrogen (secondary N) is 2. The number of carbonyl (C=O) groups is 3. The van der Waals surface area contributed by atoms with Crippen molar-refractivity contribution < 1.29 is 14.4 Å². The largest absolute Gasteiger partial charge is 0.322 e. The van der Waals surface area contributed by atoms with Crippen molar-refractivity contribution >= 4 is 17.7 Å². The molecule has 1 spiro atoms. The van der Waals surface area contributed by atoms with Crippen LogP contribution >= 0.6 is 0 Å². The number of amides is 3. The van der Waals surface area contributed by atoms with Crippen LogP contribution in [0.2, 0.25) is 0 Å². The van der Waals surface area contributed by atoms with E-state index in [-0.39, 0.29) is 24.1 Å². The van der Waals surface area contributed by atoms with Gasteiger partial charge in [0.05, 0.1) is 0 Å². The zero-order valence-electron chi connectivity index (χ0n) is 16.0. The number of benzene rings is 1. The third-order valence-corrected chi connectivity index (χ3v) is 6.75. The van der Waals surface area contributed by atoms with Crippen molar-refractivity contribution in [2.45, 2.75) is 44.8 Å². The van der Waals surface area contributed by atoms with E-state index >= 15 is 0 Å². The molecule has 28 heavy (non-hydrogen) atoms. The number of likely N-dealkylation sites (tertiary alicyclic amines) is 1. The van der Waals surface area contributed by atoms with E-state index in [1.165, 1.54) is 18.4 Å². The first kappa shape index (κ1) is 17.8. The van der Waals surface area contributed by atoms with Crippen LogP contribution in [-0.4, -0.2) is 59.7 Å². The van der Waals surface area contributed by atoms with E-state index in [0.717, 1.165) is 38.3 Å². The Morgan fingerprint density at radius 2 is 2.04 bits per heavy atom. The summed E-state index contributed by atoms with van der Waals surface area (Å²) in [6.45, 7) is 5.76. The van der Waals surface area contributed by atoms with E-state index < -0.39 is 6.04 Å². The van der Waals surface area contributed by atoms with Gasteiger partial charge in [0.25, 0.3) is 5.91 Å². The van der Waals surface area contributed by atoms with Crippen molar-refractivity contribution in [2.75, 3.05) is 26.2 Å². The minimum atomic E-state index is -0.550. The number of nitrogens with zero attached hydrogens (tertiary/aromatic N) is 2. The third-order valence-electron chi connectivity index (χ3n) is 6.75. The van der Waals surface area contributed by atoms with Crippen molar-refractivity contribution in [3.63, 3.8) is 0 Å². The summed E-state index contributed by atoms with van der Waals surface area (Å²) < 4.78 is 0. The molecule has 5 rings (SSSR count). The number of hydrogen-bond acceptors (Lipinski definition) is 5. The number of rotatable bonds is 3. The fraction of sp³-hybridized carbons (Fsp3) is 0.571. The molecule has 7 nitrogen and oxygen atoms in total. The number of hydrogen-bond donors (Lipinski definition) is 2. The minimum absolute atomic E-state index is 0.0945. The highest BCUT2D eigenvalue weighted by atomic mass is 16.2. The molecule has 0 aromatic heterocycles. The Kier molecular flexibility index (Phi) is 4.25. The van der Waals surface area contributed by atoms with E-state index in [2.05, 4.69) is 21.6 Å². The van der Waals surface area contributed by atoms with E-state index in [1.807, 2.05) is 12.1 Å². The van der Waals surface area contributed by atoms with Gasteiger partial charge in [0, 0.05) is 50.1 Å². The molecule has 4 heterocycles. The smallest absolute Gasteiger partial charge is 0.255 e. The maximum Gasteiger partial charge on any atom is 0.255 e. The van der Waals surface area contributed by atoms with Gasteiger partial charge < -0.3 is 10.2 Å². The first-order valence-electron chi connectivity index (χ1n) is 10.2. The van der Waals surface area contributed by atoms with Gasteiger partial charge in [-0.15, -0.1) is 0 Å². The van der Waals surface area contributed by atoms with Crippen LogP contribution in [0.4, 0.5) is 0 Å². The van der Waals surface area contributed by atoms with Crippen LogP contribution < -0.4 is 10.6 Å². The van der Waals surface area contributed by atoms with Crippen LogP contribution in [0.5, 0.6) is 0 Å². The standard InChI is InChI=1S/C21H26N4O3/c26-18-6-5-17(19(27)23-18)25-10-16-14(3-1-4-15(16)20(25)28)9-24-12-21(13-24)7-2-8-22-11-21/h1,3-4,17,22H,2,5-13H2,(H,23,26,27). The zero-order chi connectivity index (χ0) is 19.3. The van der Waals surface area contributed by atoms with Crippen LogP contribution in [-0.2, 0) is 22.7 Å². The van der Waals surface area contributed by atoms with Gasteiger partial charge in [0.2, 0.25) is 11.8 Å². The lowest BCUT2D eigenvalue weighted by Gasteiger charge is -2.52. The lowest BCUT2D eigenvalue weighted by atomic mass is 9.74. The summed E-state index contributed by atoms with van der Waals surface area (Å²) in [6.07, 6.45) is 3.24. The first-order chi connectivity index (χ1) is 13.5. The zero-order valence-corrected chi connectivity index (χ0v) is 16.0.